The van der Waals surface area contributed by atoms with Crippen molar-refractivity contribution in [3.8, 4) is 0 Å². The van der Waals surface area contributed by atoms with Gasteiger partial charge >= 0.3 is 6.03 Å². The maximum absolute atomic E-state index is 11.5. The minimum Gasteiger partial charge on any atom is -0.334 e. The normalized spacial score (nSPS) is 9.94. The van der Waals surface area contributed by atoms with Crippen molar-refractivity contribution in [2.75, 3.05) is 13.6 Å². The molecule has 0 aliphatic rings. The summed E-state index contributed by atoms with van der Waals surface area (Å²) in [4.78, 5) is 13.2. The van der Waals surface area contributed by atoms with Crippen molar-refractivity contribution in [2.24, 2.45) is 5.73 Å². The summed E-state index contributed by atoms with van der Waals surface area (Å²) in [6.45, 7) is 3.66. The molecule has 1 aromatic rings. The van der Waals surface area contributed by atoms with Gasteiger partial charge in [0.05, 0.1) is 0 Å². The molecule has 0 saturated carbocycles. The molecule has 2 amide bonds. The maximum atomic E-state index is 11.5. The summed E-state index contributed by atoms with van der Waals surface area (Å²) in [5.41, 5.74) is 7.76. The summed E-state index contributed by atoms with van der Waals surface area (Å²) >= 11 is 0. The molecule has 4 heteroatoms. The lowest BCUT2D eigenvalue weighted by molar-refractivity contribution is 0.210. The number of hydrogen-bond donors (Lipinski definition) is 2. The van der Waals surface area contributed by atoms with Gasteiger partial charge in [0, 0.05) is 26.7 Å². The summed E-state index contributed by atoms with van der Waals surface area (Å²) in [5, 5.41) is 2.86. The van der Waals surface area contributed by atoms with Crippen LogP contribution >= 0.6 is 0 Å². The molecule has 0 bridgehead atoms. The van der Waals surface area contributed by atoms with Crippen molar-refractivity contribution in [3.63, 3.8) is 0 Å². The predicted octanol–water partition coefficient (Wildman–Crippen LogP) is 1.31. The van der Waals surface area contributed by atoms with Gasteiger partial charge in [-0.3, -0.25) is 0 Å². The van der Waals surface area contributed by atoms with Gasteiger partial charge in [-0.25, -0.2) is 4.79 Å². The van der Waals surface area contributed by atoms with E-state index in [4.69, 9.17) is 5.73 Å². The highest BCUT2D eigenvalue weighted by atomic mass is 16.2. The Morgan fingerprint density at radius 1 is 1.38 bits per heavy atom. The van der Waals surface area contributed by atoms with Crippen LogP contribution in [-0.4, -0.2) is 24.5 Å². The first-order chi connectivity index (χ1) is 7.69. The predicted molar refractivity (Wildman–Crippen MR) is 64.9 cm³/mol. The second kappa shape index (κ2) is 6.12. The first kappa shape index (κ1) is 12.5. The summed E-state index contributed by atoms with van der Waals surface area (Å²) in [6, 6.07) is 7.80. The third kappa shape index (κ3) is 3.24. The van der Waals surface area contributed by atoms with Crippen LogP contribution in [-0.2, 0) is 13.1 Å². The summed E-state index contributed by atoms with van der Waals surface area (Å²) < 4.78 is 0. The van der Waals surface area contributed by atoms with E-state index < -0.39 is 0 Å². The van der Waals surface area contributed by atoms with Crippen LogP contribution in [0.1, 0.15) is 18.1 Å². The molecular formula is C12H19N3O. The maximum Gasteiger partial charge on any atom is 0.317 e. The fraction of sp³-hybridized carbons (Fsp3) is 0.417. The van der Waals surface area contributed by atoms with Crippen LogP contribution in [0.25, 0.3) is 0 Å². The Balaban J connectivity index is 2.57. The zero-order valence-corrected chi connectivity index (χ0v) is 9.86. The van der Waals surface area contributed by atoms with Crippen LogP contribution < -0.4 is 11.1 Å². The Kier molecular flexibility index (Phi) is 4.79. The summed E-state index contributed by atoms with van der Waals surface area (Å²) in [6.07, 6.45) is 0. The quantitative estimate of drug-likeness (QED) is 0.805. The Bertz CT molecular complexity index is 352. The van der Waals surface area contributed by atoms with Crippen LogP contribution in [0.2, 0.25) is 0 Å². The third-order valence-electron chi connectivity index (χ3n) is 2.59. The molecule has 0 atom stereocenters. The fourth-order valence-electron chi connectivity index (χ4n) is 1.38. The van der Waals surface area contributed by atoms with Crippen molar-refractivity contribution < 1.29 is 4.79 Å². The molecule has 0 spiro atoms. The Morgan fingerprint density at radius 2 is 2.00 bits per heavy atom. The van der Waals surface area contributed by atoms with Gasteiger partial charge < -0.3 is 16.0 Å². The van der Waals surface area contributed by atoms with E-state index in [9.17, 15) is 4.79 Å². The number of urea groups is 1. The number of nitrogens with two attached hydrogens (primary N) is 1. The molecule has 4 nitrogen and oxygen atoms in total. The molecule has 0 aliphatic carbocycles. The zero-order chi connectivity index (χ0) is 12.0. The van der Waals surface area contributed by atoms with Gasteiger partial charge in [0.2, 0.25) is 0 Å². The van der Waals surface area contributed by atoms with Gasteiger partial charge in [-0.2, -0.15) is 0 Å². The molecule has 0 heterocycles. The number of benzene rings is 1. The van der Waals surface area contributed by atoms with E-state index in [0.29, 0.717) is 19.6 Å². The van der Waals surface area contributed by atoms with Gasteiger partial charge in [-0.15, -0.1) is 0 Å². The van der Waals surface area contributed by atoms with E-state index in [1.165, 1.54) is 0 Å². The topological polar surface area (TPSA) is 58.4 Å². The molecular weight excluding hydrogens is 202 g/mol. The summed E-state index contributed by atoms with van der Waals surface area (Å²) in [7, 11) is 1.77. The van der Waals surface area contributed by atoms with Crippen molar-refractivity contribution in [3.05, 3.63) is 35.4 Å². The number of nitrogens with one attached hydrogen (secondary N) is 1. The van der Waals surface area contributed by atoms with Crippen molar-refractivity contribution in [2.45, 2.75) is 20.0 Å². The zero-order valence-electron chi connectivity index (χ0n) is 9.86. The lowest BCUT2D eigenvalue weighted by Gasteiger charge is -2.16. The minimum atomic E-state index is -0.0608. The Labute approximate surface area is 96.4 Å². The molecule has 0 fully saturated rings. The smallest absolute Gasteiger partial charge is 0.317 e. The fourth-order valence-corrected chi connectivity index (χ4v) is 1.38. The van der Waals surface area contributed by atoms with Crippen LogP contribution in [0.15, 0.2) is 24.3 Å². The standard InChI is InChI=1S/C12H19N3O/c1-3-15(2)12(16)14-9-11-7-5-4-6-10(11)8-13/h4-7H,3,8-9,13H2,1-2H3,(H,14,16). The van der Waals surface area contributed by atoms with Crippen LogP contribution in [0.4, 0.5) is 4.79 Å². The molecule has 16 heavy (non-hydrogen) atoms. The number of nitrogens with zero attached hydrogens (tertiary/aromatic N) is 1. The van der Waals surface area contributed by atoms with Gasteiger partial charge in [-0.1, -0.05) is 24.3 Å². The molecule has 0 aromatic heterocycles. The Hall–Kier alpha value is -1.55. The SMILES string of the molecule is CCN(C)C(=O)NCc1ccccc1CN. The minimum absolute atomic E-state index is 0.0608. The third-order valence-corrected chi connectivity index (χ3v) is 2.59. The van der Waals surface area contributed by atoms with E-state index in [1.807, 2.05) is 31.2 Å². The first-order valence-corrected chi connectivity index (χ1v) is 5.44. The van der Waals surface area contributed by atoms with Gasteiger partial charge in [0.15, 0.2) is 0 Å². The van der Waals surface area contributed by atoms with E-state index in [-0.39, 0.29) is 6.03 Å². The molecule has 88 valence electrons. The molecule has 0 unspecified atom stereocenters. The van der Waals surface area contributed by atoms with Crippen LogP contribution in [0, 0.1) is 0 Å². The molecule has 0 aliphatic heterocycles. The van der Waals surface area contributed by atoms with Crippen molar-refractivity contribution >= 4 is 6.03 Å². The largest absolute Gasteiger partial charge is 0.334 e. The van der Waals surface area contributed by atoms with Crippen molar-refractivity contribution in [1.29, 1.82) is 0 Å². The van der Waals surface area contributed by atoms with E-state index >= 15 is 0 Å². The highest BCUT2D eigenvalue weighted by Gasteiger charge is 2.06. The monoisotopic (exact) mass is 221 g/mol. The second-order valence-corrected chi connectivity index (χ2v) is 3.65. The average molecular weight is 221 g/mol. The molecule has 1 aromatic carbocycles. The molecule has 1 rings (SSSR count). The number of amides is 2. The molecule has 0 radical (unpaired) electrons. The lowest BCUT2D eigenvalue weighted by Crippen LogP contribution is -2.36. The number of carbonyl (C=O) groups is 1. The van der Waals surface area contributed by atoms with Crippen LogP contribution in [0.3, 0.4) is 0 Å². The van der Waals surface area contributed by atoms with Gasteiger partial charge in [0.25, 0.3) is 0 Å². The number of hydrogen-bond acceptors (Lipinski definition) is 2. The summed E-state index contributed by atoms with van der Waals surface area (Å²) in [5.74, 6) is 0. The van der Waals surface area contributed by atoms with Gasteiger partial charge in [-0.05, 0) is 18.1 Å². The van der Waals surface area contributed by atoms with E-state index in [0.717, 1.165) is 11.1 Å². The van der Waals surface area contributed by atoms with Crippen molar-refractivity contribution in [1.82, 2.24) is 10.2 Å². The highest BCUT2D eigenvalue weighted by Crippen LogP contribution is 2.07. The lowest BCUT2D eigenvalue weighted by atomic mass is 10.1. The van der Waals surface area contributed by atoms with Crippen LogP contribution in [0.5, 0.6) is 0 Å². The van der Waals surface area contributed by atoms with E-state index in [2.05, 4.69) is 5.32 Å². The van der Waals surface area contributed by atoms with E-state index in [1.54, 1.807) is 11.9 Å². The first-order valence-electron chi connectivity index (χ1n) is 5.44. The molecule has 0 saturated heterocycles. The average Bonchev–Trinajstić information content (AvgIpc) is 2.35. The number of carbonyl (C=O) groups excluding carboxylic acids is 1. The highest BCUT2D eigenvalue weighted by molar-refractivity contribution is 5.73. The number of rotatable bonds is 4. The molecule has 3 N–H and O–H groups in total. The second-order valence-electron chi connectivity index (χ2n) is 3.65. The van der Waals surface area contributed by atoms with Gasteiger partial charge in [0.1, 0.15) is 0 Å². The Morgan fingerprint density at radius 3 is 2.56 bits per heavy atom.